The van der Waals surface area contributed by atoms with Crippen LogP contribution in [0.4, 0.5) is 5.82 Å². The number of thioether (sulfide) groups is 1. The fourth-order valence-electron chi connectivity index (χ4n) is 2.83. The predicted molar refractivity (Wildman–Crippen MR) is 103 cm³/mol. The van der Waals surface area contributed by atoms with E-state index in [1.807, 2.05) is 36.0 Å². The number of rotatable bonds is 1. The highest BCUT2D eigenvalue weighted by atomic mass is 79.9. The Morgan fingerprint density at radius 1 is 1.13 bits per heavy atom. The van der Waals surface area contributed by atoms with Gasteiger partial charge in [0, 0.05) is 33.6 Å². The molecule has 2 nitrogen and oxygen atoms in total. The molecule has 2 heterocycles. The molecule has 0 unspecified atom stereocenters. The maximum atomic E-state index is 6.50. The molecule has 0 saturated carbocycles. The first-order chi connectivity index (χ1) is 11.2. The number of halogens is 2. The van der Waals surface area contributed by atoms with Gasteiger partial charge in [0.05, 0.1) is 10.5 Å². The molecule has 116 valence electrons. The third-order valence-corrected chi connectivity index (χ3v) is 5.89. The van der Waals surface area contributed by atoms with Gasteiger partial charge in [-0.05, 0) is 35.9 Å². The lowest BCUT2D eigenvalue weighted by Crippen LogP contribution is -2.24. The van der Waals surface area contributed by atoms with Crippen LogP contribution in [0.15, 0.2) is 57.9 Å². The van der Waals surface area contributed by atoms with Crippen molar-refractivity contribution < 1.29 is 0 Å². The fourth-order valence-corrected chi connectivity index (χ4v) is 4.46. The number of pyridine rings is 1. The van der Waals surface area contributed by atoms with E-state index in [1.165, 1.54) is 10.5 Å². The fraction of sp³-hybridized carbons (Fsp3) is 0.167. The third-order valence-electron chi connectivity index (χ3n) is 3.98. The predicted octanol–water partition coefficient (Wildman–Crippen LogP) is 5.76. The number of fused-ring (bicyclic) bond motifs is 2. The van der Waals surface area contributed by atoms with Gasteiger partial charge in [-0.2, -0.15) is 0 Å². The van der Waals surface area contributed by atoms with Crippen LogP contribution in [0, 0.1) is 0 Å². The van der Waals surface area contributed by atoms with Crippen molar-refractivity contribution in [1.82, 2.24) is 4.98 Å². The Morgan fingerprint density at radius 2 is 2.00 bits per heavy atom. The zero-order chi connectivity index (χ0) is 15.8. The van der Waals surface area contributed by atoms with Crippen LogP contribution in [0.5, 0.6) is 0 Å². The molecule has 0 atom stereocenters. The van der Waals surface area contributed by atoms with Crippen LogP contribution in [0.25, 0.3) is 10.9 Å². The number of hydrogen-bond acceptors (Lipinski definition) is 3. The SMILES string of the molecule is Clc1cc(N2CCSc3ccccc3C2)nc2ccc(Br)cc12. The van der Waals surface area contributed by atoms with Gasteiger partial charge in [0.2, 0.25) is 0 Å². The van der Waals surface area contributed by atoms with E-state index in [0.717, 1.165) is 45.1 Å². The van der Waals surface area contributed by atoms with E-state index in [2.05, 4.69) is 45.1 Å². The van der Waals surface area contributed by atoms with Gasteiger partial charge in [-0.25, -0.2) is 4.98 Å². The first kappa shape index (κ1) is 15.3. The summed E-state index contributed by atoms with van der Waals surface area (Å²) in [5, 5.41) is 1.73. The summed E-state index contributed by atoms with van der Waals surface area (Å²) in [6.45, 7) is 1.83. The molecule has 0 N–H and O–H groups in total. The van der Waals surface area contributed by atoms with Crippen LogP contribution in [-0.4, -0.2) is 17.3 Å². The van der Waals surface area contributed by atoms with Crippen LogP contribution in [0.2, 0.25) is 5.02 Å². The summed E-state index contributed by atoms with van der Waals surface area (Å²) in [5.74, 6) is 2.00. The standard InChI is InChI=1S/C18H14BrClN2S/c19-13-5-6-16-14(9-13)15(20)10-18(21-16)22-7-8-23-17-4-2-1-3-12(17)11-22/h1-6,9-10H,7-8,11H2. The average molecular weight is 406 g/mol. The van der Waals surface area contributed by atoms with Gasteiger partial charge in [0.25, 0.3) is 0 Å². The van der Waals surface area contributed by atoms with Crippen LogP contribution in [0.1, 0.15) is 5.56 Å². The number of benzene rings is 2. The summed E-state index contributed by atoms with van der Waals surface area (Å²) in [4.78, 5) is 8.51. The highest BCUT2D eigenvalue weighted by molar-refractivity contribution is 9.10. The maximum Gasteiger partial charge on any atom is 0.131 e. The average Bonchev–Trinajstić information content (AvgIpc) is 2.77. The number of hydrogen-bond donors (Lipinski definition) is 0. The summed E-state index contributed by atoms with van der Waals surface area (Å²) in [5.41, 5.74) is 2.28. The smallest absolute Gasteiger partial charge is 0.131 e. The Morgan fingerprint density at radius 3 is 2.91 bits per heavy atom. The Bertz CT molecular complexity index is 884. The molecule has 5 heteroatoms. The van der Waals surface area contributed by atoms with Gasteiger partial charge in [-0.15, -0.1) is 11.8 Å². The first-order valence-electron chi connectivity index (χ1n) is 7.42. The van der Waals surface area contributed by atoms with Gasteiger partial charge < -0.3 is 4.90 Å². The number of nitrogens with zero attached hydrogens (tertiary/aromatic N) is 2. The summed E-state index contributed by atoms with van der Waals surface area (Å²) >= 11 is 11.9. The molecule has 1 aliphatic rings. The van der Waals surface area contributed by atoms with Crippen molar-refractivity contribution in [1.29, 1.82) is 0 Å². The summed E-state index contributed by atoms with van der Waals surface area (Å²) < 4.78 is 1.02. The molecule has 0 saturated heterocycles. The van der Waals surface area contributed by atoms with Crippen molar-refractivity contribution in [3.63, 3.8) is 0 Å². The molecule has 1 aliphatic heterocycles. The minimum atomic E-state index is 0.747. The van der Waals surface area contributed by atoms with E-state index in [4.69, 9.17) is 16.6 Å². The highest BCUT2D eigenvalue weighted by Gasteiger charge is 2.17. The minimum Gasteiger partial charge on any atom is -0.351 e. The van der Waals surface area contributed by atoms with Crippen LogP contribution < -0.4 is 4.90 Å². The summed E-state index contributed by atoms with van der Waals surface area (Å²) in [6.07, 6.45) is 0. The van der Waals surface area contributed by atoms with Gasteiger partial charge in [-0.1, -0.05) is 45.7 Å². The monoisotopic (exact) mass is 404 g/mol. The molecular formula is C18H14BrClN2S. The zero-order valence-corrected chi connectivity index (χ0v) is 15.5. The Balaban J connectivity index is 1.75. The van der Waals surface area contributed by atoms with Gasteiger partial charge in [-0.3, -0.25) is 0 Å². The van der Waals surface area contributed by atoms with Crippen molar-refractivity contribution >= 4 is 56.0 Å². The molecule has 0 bridgehead atoms. The third kappa shape index (κ3) is 3.08. The highest BCUT2D eigenvalue weighted by Crippen LogP contribution is 2.33. The maximum absolute atomic E-state index is 6.50. The van der Waals surface area contributed by atoms with E-state index in [-0.39, 0.29) is 0 Å². The lowest BCUT2D eigenvalue weighted by atomic mass is 10.2. The second kappa shape index (κ2) is 6.34. The molecule has 23 heavy (non-hydrogen) atoms. The topological polar surface area (TPSA) is 16.1 Å². The van der Waals surface area contributed by atoms with E-state index in [1.54, 1.807) is 0 Å². The normalized spacial score (nSPS) is 14.6. The van der Waals surface area contributed by atoms with Crippen LogP contribution in [0.3, 0.4) is 0 Å². The second-order valence-corrected chi connectivity index (χ2v) is 7.96. The molecule has 4 rings (SSSR count). The van der Waals surface area contributed by atoms with Crippen LogP contribution >= 0.6 is 39.3 Å². The van der Waals surface area contributed by atoms with Gasteiger partial charge in [0.1, 0.15) is 5.82 Å². The minimum absolute atomic E-state index is 0.747. The molecule has 0 amide bonds. The zero-order valence-electron chi connectivity index (χ0n) is 12.3. The van der Waals surface area contributed by atoms with Crippen molar-refractivity contribution in [3.8, 4) is 0 Å². The van der Waals surface area contributed by atoms with Crippen molar-refractivity contribution in [2.24, 2.45) is 0 Å². The van der Waals surface area contributed by atoms with Gasteiger partial charge >= 0.3 is 0 Å². The molecule has 3 aromatic rings. The van der Waals surface area contributed by atoms with E-state index in [9.17, 15) is 0 Å². The lowest BCUT2D eigenvalue weighted by molar-refractivity contribution is 0.821. The van der Waals surface area contributed by atoms with E-state index >= 15 is 0 Å². The van der Waals surface area contributed by atoms with Crippen molar-refractivity contribution in [2.75, 3.05) is 17.2 Å². The second-order valence-electron chi connectivity index (χ2n) is 5.50. The summed E-state index contributed by atoms with van der Waals surface area (Å²) in [7, 11) is 0. The molecule has 0 fully saturated rings. The Hall–Kier alpha value is -1.23. The summed E-state index contributed by atoms with van der Waals surface area (Å²) in [6, 6.07) is 16.6. The molecular weight excluding hydrogens is 392 g/mol. The molecule has 0 radical (unpaired) electrons. The Labute approximate surface area is 153 Å². The molecule has 0 aliphatic carbocycles. The van der Waals surface area contributed by atoms with E-state index in [0.29, 0.717) is 0 Å². The molecule has 0 spiro atoms. The molecule has 1 aromatic heterocycles. The van der Waals surface area contributed by atoms with Crippen molar-refractivity contribution in [2.45, 2.75) is 11.4 Å². The number of anilines is 1. The van der Waals surface area contributed by atoms with Crippen LogP contribution in [-0.2, 0) is 6.54 Å². The largest absolute Gasteiger partial charge is 0.351 e. The van der Waals surface area contributed by atoms with E-state index < -0.39 is 0 Å². The lowest BCUT2D eigenvalue weighted by Gasteiger charge is -2.22. The number of aromatic nitrogens is 1. The quantitative estimate of drug-likeness (QED) is 0.512. The van der Waals surface area contributed by atoms with Gasteiger partial charge in [0.15, 0.2) is 0 Å². The first-order valence-corrected chi connectivity index (χ1v) is 9.58. The molecule has 2 aromatic carbocycles. The van der Waals surface area contributed by atoms with Crippen molar-refractivity contribution in [3.05, 3.63) is 63.6 Å². The Kier molecular flexibility index (Phi) is 4.22.